The number of sulfonamides is 1. The third kappa shape index (κ3) is 3.65. The third-order valence-electron chi connectivity index (χ3n) is 2.31. The fourth-order valence-electron chi connectivity index (χ4n) is 1.53. The Morgan fingerprint density at radius 3 is 2.82 bits per heavy atom. The first-order valence-electron chi connectivity index (χ1n) is 5.44. The van der Waals surface area contributed by atoms with Gasteiger partial charge in [0.1, 0.15) is 4.90 Å². The Morgan fingerprint density at radius 2 is 2.24 bits per heavy atom. The lowest BCUT2D eigenvalue weighted by Gasteiger charge is -2.14. The summed E-state index contributed by atoms with van der Waals surface area (Å²) >= 11 is 0. The topological polar surface area (TPSA) is 97.1 Å². The van der Waals surface area contributed by atoms with Crippen molar-refractivity contribution >= 4 is 15.7 Å². The van der Waals surface area contributed by atoms with Gasteiger partial charge in [0.2, 0.25) is 10.0 Å². The van der Waals surface area contributed by atoms with Crippen LogP contribution in [-0.4, -0.2) is 19.4 Å². The van der Waals surface area contributed by atoms with E-state index < -0.39 is 10.0 Å². The number of pyridine rings is 1. The van der Waals surface area contributed by atoms with Crippen LogP contribution in [0.2, 0.25) is 0 Å². The fraction of sp³-hybridized carbons (Fsp3) is 0.500. The van der Waals surface area contributed by atoms with Gasteiger partial charge in [-0.25, -0.2) is 13.1 Å². The standard InChI is InChI=1S/C10H18N4O2S/c1-3-4-8(2)14-17(15,16)10-7-12-6-5-9(10)13-11/h5-8,14H,3-4,11H2,1-2H3,(H,12,13). The molecule has 1 atom stereocenters. The van der Waals surface area contributed by atoms with Gasteiger partial charge < -0.3 is 5.43 Å². The maximum absolute atomic E-state index is 12.1. The molecule has 0 aromatic carbocycles. The van der Waals surface area contributed by atoms with Crippen LogP contribution in [0.4, 0.5) is 5.69 Å². The molecular formula is C10H18N4O2S. The van der Waals surface area contributed by atoms with Crippen molar-refractivity contribution in [3.8, 4) is 0 Å². The summed E-state index contributed by atoms with van der Waals surface area (Å²) in [5.74, 6) is 5.27. The molecule has 96 valence electrons. The Balaban J connectivity index is 2.97. The predicted molar refractivity (Wildman–Crippen MR) is 66.7 cm³/mol. The van der Waals surface area contributed by atoms with E-state index in [1.165, 1.54) is 18.5 Å². The van der Waals surface area contributed by atoms with Crippen molar-refractivity contribution in [2.45, 2.75) is 37.6 Å². The zero-order valence-electron chi connectivity index (χ0n) is 9.97. The van der Waals surface area contributed by atoms with Crippen molar-refractivity contribution < 1.29 is 8.42 Å². The first-order chi connectivity index (χ1) is 8.01. The van der Waals surface area contributed by atoms with Crippen LogP contribution < -0.4 is 16.0 Å². The van der Waals surface area contributed by atoms with Crippen LogP contribution in [0.15, 0.2) is 23.4 Å². The summed E-state index contributed by atoms with van der Waals surface area (Å²) in [5.41, 5.74) is 2.68. The van der Waals surface area contributed by atoms with E-state index in [9.17, 15) is 8.42 Å². The number of nitrogens with one attached hydrogen (secondary N) is 2. The lowest BCUT2D eigenvalue weighted by molar-refractivity contribution is 0.544. The minimum absolute atomic E-state index is 0.0606. The van der Waals surface area contributed by atoms with Crippen molar-refractivity contribution in [1.82, 2.24) is 9.71 Å². The smallest absolute Gasteiger partial charge is 0.244 e. The molecule has 0 aliphatic rings. The summed E-state index contributed by atoms with van der Waals surface area (Å²) in [4.78, 5) is 3.86. The van der Waals surface area contributed by atoms with Crippen molar-refractivity contribution in [3.63, 3.8) is 0 Å². The number of hydrogen-bond donors (Lipinski definition) is 3. The summed E-state index contributed by atoms with van der Waals surface area (Å²) in [5, 5.41) is 0. The molecule has 0 saturated carbocycles. The summed E-state index contributed by atoms with van der Waals surface area (Å²) in [6, 6.07) is 1.40. The van der Waals surface area contributed by atoms with Crippen LogP contribution >= 0.6 is 0 Å². The monoisotopic (exact) mass is 258 g/mol. The van der Waals surface area contributed by atoms with Gasteiger partial charge in [0.25, 0.3) is 0 Å². The Kier molecular flexibility index (Phi) is 4.86. The van der Waals surface area contributed by atoms with Crippen molar-refractivity contribution in [1.29, 1.82) is 0 Å². The zero-order chi connectivity index (χ0) is 12.9. The molecule has 17 heavy (non-hydrogen) atoms. The van der Waals surface area contributed by atoms with Gasteiger partial charge in [-0.2, -0.15) is 0 Å². The minimum Gasteiger partial charge on any atom is -0.323 e. The molecule has 0 bridgehead atoms. The number of anilines is 1. The van der Waals surface area contributed by atoms with Crippen LogP contribution in [0.3, 0.4) is 0 Å². The van der Waals surface area contributed by atoms with Gasteiger partial charge in [-0.15, -0.1) is 0 Å². The van der Waals surface area contributed by atoms with E-state index >= 15 is 0 Å². The molecule has 0 aliphatic heterocycles. The second-order valence-electron chi connectivity index (χ2n) is 3.83. The van der Waals surface area contributed by atoms with E-state index in [1.807, 2.05) is 13.8 Å². The lowest BCUT2D eigenvalue weighted by Crippen LogP contribution is -2.33. The highest BCUT2D eigenvalue weighted by atomic mass is 32.2. The molecule has 0 amide bonds. The molecule has 1 heterocycles. The van der Waals surface area contributed by atoms with Crippen molar-refractivity contribution in [3.05, 3.63) is 18.5 Å². The van der Waals surface area contributed by atoms with Crippen LogP contribution in [0.5, 0.6) is 0 Å². The van der Waals surface area contributed by atoms with Crippen LogP contribution in [0.25, 0.3) is 0 Å². The molecule has 6 nitrogen and oxygen atoms in total. The first kappa shape index (κ1) is 13.9. The zero-order valence-corrected chi connectivity index (χ0v) is 10.8. The second kappa shape index (κ2) is 5.95. The van der Waals surface area contributed by atoms with Crippen molar-refractivity contribution in [2.24, 2.45) is 5.84 Å². The molecular weight excluding hydrogens is 240 g/mol. The average Bonchev–Trinajstić information content (AvgIpc) is 2.28. The van der Waals surface area contributed by atoms with Gasteiger partial charge in [-0.05, 0) is 19.4 Å². The molecule has 0 radical (unpaired) electrons. The Labute approximate surface area is 102 Å². The van der Waals surface area contributed by atoms with E-state index in [0.717, 1.165) is 12.8 Å². The molecule has 1 aromatic heterocycles. The summed E-state index contributed by atoms with van der Waals surface area (Å²) < 4.78 is 26.7. The normalized spacial score (nSPS) is 13.4. The molecule has 0 saturated heterocycles. The lowest BCUT2D eigenvalue weighted by atomic mass is 10.2. The molecule has 0 spiro atoms. The van der Waals surface area contributed by atoms with Gasteiger partial charge in [-0.3, -0.25) is 10.8 Å². The van der Waals surface area contributed by atoms with Gasteiger partial charge in [0.05, 0.1) is 5.69 Å². The second-order valence-corrected chi connectivity index (χ2v) is 5.51. The Hall–Kier alpha value is -1.18. The van der Waals surface area contributed by atoms with E-state index in [1.54, 1.807) is 0 Å². The van der Waals surface area contributed by atoms with E-state index in [0.29, 0.717) is 5.69 Å². The Bertz CT molecular complexity index is 461. The van der Waals surface area contributed by atoms with E-state index in [2.05, 4.69) is 15.1 Å². The number of hydrazine groups is 1. The molecule has 1 rings (SSSR count). The number of nitrogens with zero attached hydrogens (tertiary/aromatic N) is 1. The maximum Gasteiger partial charge on any atom is 0.244 e. The number of nitrogen functional groups attached to an aromatic ring is 1. The highest BCUT2D eigenvalue weighted by Gasteiger charge is 2.20. The van der Waals surface area contributed by atoms with Gasteiger partial charge >= 0.3 is 0 Å². The summed E-state index contributed by atoms with van der Waals surface area (Å²) in [6.07, 6.45) is 4.45. The fourth-order valence-corrected chi connectivity index (χ4v) is 2.92. The van der Waals surface area contributed by atoms with E-state index in [4.69, 9.17) is 5.84 Å². The number of hydrogen-bond acceptors (Lipinski definition) is 5. The highest BCUT2D eigenvalue weighted by molar-refractivity contribution is 7.89. The first-order valence-corrected chi connectivity index (χ1v) is 6.92. The number of nitrogens with two attached hydrogens (primary N) is 1. The van der Waals surface area contributed by atoms with Crippen LogP contribution in [0.1, 0.15) is 26.7 Å². The minimum atomic E-state index is -3.58. The van der Waals surface area contributed by atoms with Crippen LogP contribution in [0, 0.1) is 0 Å². The van der Waals surface area contributed by atoms with Crippen LogP contribution in [-0.2, 0) is 10.0 Å². The SMILES string of the molecule is CCCC(C)NS(=O)(=O)c1cnccc1NN. The third-order valence-corrected chi connectivity index (χ3v) is 3.92. The largest absolute Gasteiger partial charge is 0.323 e. The number of rotatable bonds is 6. The molecule has 1 unspecified atom stereocenters. The quantitative estimate of drug-likeness (QED) is 0.519. The highest BCUT2D eigenvalue weighted by Crippen LogP contribution is 2.18. The molecule has 4 N–H and O–H groups in total. The molecule has 7 heteroatoms. The maximum atomic E-state index is 12.1. The predicted octanol–water partition coefficient (Wildman–Crippen LogP) is 0.834. The van der Waals surface area contributed by atoms with Gasteiger partial charge in [-0.1, -0.05) is 13.3 Å². The van der Waals surface area contributed by atoms with Gasteiger partial charge in [0.15, 0.2) is 0 Å². The molecule has 0 aliphatic carbocycles. The molecule has 1 aromatic rings. The molecule has 0 fully saturated rings. The average molecular weight is 258 g/mol. The number of aromatic nitrogens is 1. The summed E-state index contributed by atoms with van der Waals surface area (Å²) in [7, 11) is -3.58. The van der Waals surface area contributed by atoms with Gasteiger partial charge in [0, 0.05) is 18.4 Å². The van der Waals surface area contributed by atoms with E-state index in [-0.39, 0.29) is 10.9 Å². The Morgan fingerprint density at radius 1 is 1.53 bits per heavy atom. The van der Waals surface area contributed by atoms with Crippen molar-refractivity contribution in [2.75, 3.05) is 5.43 Å². The summed E-state index contributed by atoms with van der Waals surface area (Å²) in [6.45, 7) is 3.83.